The van der Waals surface area contributed by atoms with E-state index in [1.54, 1.807) is 0 Å². The fourth-order valence-corrected chi connectivity index (χ4v) is 1.23. The highest BCUT2D eigenvalue weighted by Crippen LogP contribution is 2.05. The summed E-state index contributed by atoms with van der Waals surface area (Å²) in [5, 5.41) is 0. The summed E-state index contributed by atoms with van der Waals surface area (Å²) in [5.74, 6) is 5.90. The Morgan fingerprint density at radius 1 is 0.909 bits per heavy atom. The van der Waals surface area contributed by atoms with E-state index in [0.717, 1.165) is 12.2 Å². The monoisotopic (exact) mass is 177 g/mol. The van der Waals surface area contributed by atoms with Crippen LogP contribution in [0, 0.1) is 0 Å². The quantitative estimate of drug-likeness (QED) is 0.338. The summed E-state index contributed by atoms with van der Waals surface area (Å²) in [6.07, 6.45) is 7.52. The van der Waals surface area contributed by atoms with Crippen LogP contribution in [0.5, 0.6) is 0 Å². The normalized spacial score (nSPS) is 10.4. The van der Waals surface area contributed by atoms with Crippen molar-refractivity contribution in [1.82, 2.24) is 0 Å². The molecule has 0 aromatic carbocycles. The van der Waals surface area contributed by atoms with E-state index in [1.807, 2.05) is 0 Å². The van der Waals surface area contributed by atoms with Crippen LogP contribution >= 0.6 is 12.6 Å². The Morgan fingerprint density at radius 3 is 2.00 bits per heavy atom. The van der Waals surface area contributed by atoms with Crippen LogP contribution in [0.15, 0.2) is 0 Å². The van der Waals surface area contributed by atoms with E-state index in [4.69, 9.17) is 5.90 Å². The Morgan fingerprint density at radius 2 is 1.45 bits per heavy atom. The maximum absolute atomic E-state index is 4.88. The minimum atomic E-state index is 0.701. The maximum atomic E-state index is 4.88. The molecule has 0 radical (unpaired) electrons. The fourth-order valence-electron chi connectivity index (χ4n) is 1.00. The lowest BCUT2D eigenvalue weighted by Crippen LogP contribution is -2.00. The highest BCUT2D eigenvalue weighted by Gasteiger charge is 1.89. The van der Waals surface area contributed by atoms with Gasteiger partial charge < -0.3 is 4.84 Å². The van der Waals surface area contributed by atoms with Gasteiger partial charge in [0.1, 0.15) is 0 Å². The highest BCUT2D eigenvalue weighted by molar-refractivity contribution is 7.80. The van der Waals surface area contributed by atoms with Gasteiger partial charge in [0.05, 0.1) is 6.61 Å². The Kier molecular flexibility index (Phi) is 10.5. The zero-order valence-electron chi connectivity index (χ0n) is 7.09. The van der Waals surface area contributed by atoms with Crippen molar-refractivity contribution in [2.75, 3.05) is 12.4 Å². The van der Waals surface area contributed by atoms with Gasteiger partial charge in [-0.1, -0.05) is 25.7 Å². The first-order valence-corrected chi connectivity index (χ1v) is 4.97. The number of unbranched alkanes of at least 4 members (excludes halogenated alkanes) is 5. The van der Waals surface area contributed by atoms with E-state index in [-0.39, 0.29) is 0 Å². The summed E-state index contributed by atoms with van der Waals surface area (Å²) in [6.45, 7) is 0.701. The molecule has 11 heavy (non-hydrogen) atoms. The standard InChI is InChI=1S/C8H19NOS/c9-10-7-5-3-1-2-4-6-8-11/h11H,1-9H2. The van der Waals surface area contributed by atoms with Crippen molar-refractivity contribution in [2.45, 2.75) is 38.5 Å². The van der Waals surface area contributed by atoms with E-state index in [9.17, 15) is 0 Å². The molecular weight excluding hydrogens is 158 g/mol. The molecule has 0 bridgehead atoms. The average molecular weight is 177 g/mol. The van der Waals surface area contributed by atoms with Crippen LogP contribution in [0.1, 0.15) is 38.5 Å². The second-order valence-corrected chi connectivity index (χ2v) is 3.16. The third kappa shape index (κ3) is 10.3. The lowest BCUT2D eigenvalue weighted by atomic mass is 10.1. The van der Waals surface area contributed by atoms with Crippen molar-refractivity contribution in [3.05, 3.63) is 0 Å². The van der Waals surface area contributed by atoms with Crippen LogP contribution in [0.4, 0.5) is 0 Å². The third-order valence-corrected chi connectivity index (χ3v) is 1.99. The second-order valence-electron chi connectivity index (χ2n) is 2.72. The number of hydrogen-bond donors (Lipinski definition) is 2. The highest BCUT2D eigenvalue weighted by atomic mass is 32.1. The molecule has 0 amide bonds. The van der Waals surface area contributed by atoms with Crippen molar-refractivity contribution in [1.29, 1.82) is 0 Å². The molecule has 3 heteroatoms. The molecule has 2 nitrogen and oxygen atoms in total. The van der Waals surface area contributed by atoms with Gasteiger partial charge in [-0.2, -0.15) is 12.6 Å². The lowest BCUT2D eigenvalue weighted by molar-refractivity contribution is 0.133. The first kappa shape index (κ1) is 11.3. The summed E-state index contributed by atoms with van der Waals surface area (Å²) in [4.78, 5) is 4.46. The Hall–Kier alpha value is 0.270. The number of thiol groups is 1. The molecule has 0 spiro atoms. The van der Waals surface area contributed by atoms with Crippen molar-refractivity contribution < 1.29 is 4.84 Å². The van der Waals surface area contributed by atoms with E-state index in [1.165, 1.54) is 32.1 Å². The third-order valence-electron chi connectivity index (χ3n) is 1.67. The van der Waals surface area contributed by atoms with Gasteiger partial charge in [-0.05, 0) is 18.6 Å². The predicted octanol–water partition coefficient (Wildman–Crippen LogP) is 2.15. The molecule has 0 heterocycles. The summed E-state index contributed by atoms with van der Waals surface area (Å²) >= 11 is 4.14. The van der Waals surface area contributed by atoms with Crippen LogP contribution in [-0.4, -0.2) is 12.4 Å². The molecule has 0 aliphatic heterocycles. The summed E-state index contributed by atoms with van der Waals surface area (Å²) in [6, 6.07) is 0. The van der Waals surface area contributed by atoms with Gasteiger partial charge in [0.2, 0.25) is 0 Å². The van der Waals surface area contributed by atoms with Crippen LogP contribution in [0.25, 0.3) is 0 Å². The van der Waals surface area contributed by atoms with E-state index in [0.29, 0.717) is 6.61 Å². The molecule has 0 aromatic rings. The van der Waals surface area contributed by atoms with E-state index in [2.05, 4.69) is 17.5 Å². The molecule has 0 saturated carbocycles. The van der Waals surface area contributed by atoms with Crippen molar-refractivity contribution in [2.24, 2.45) is 5.90 Å². The topological polar surface area (TPSA) is 35.2 Å². The number of hydrogen-bond acceptors (Lipinski definition) is 3. The lowest BCUT2D eigenvalue weighted by Gasteiger charge is -1.99. The Bertz CT molecular complexity index is 63.1. The molecule has 0 rings (SSSR count). The van der Waals surface area contributed by atoms with Gasteiger partial charge in [-0.3, -0.25) is 0 Å². The van der Waals surface area contributed by atoms with Gasteiger partial charge >= 0.3 is 0 Å². The zero-order valence-corrected chi connectivity index (χ0v) is 7.98. The Labute approximate surface area is 74.9 Å². The molecule has 2 N–H and O–H groups in total. The fraction of sp³-hybridized carbons (Fsp3) is 1.00. The maximum Gasteiger partial charge on any atom is 0.0679 e. The molecular formula is C8H19NOS. The Balaban J connectivity index is 2.69. The van der Waals surface area contributed by atoms with Gasteiger partial charge in [0, 0.05) is 0 Å². The predicted molar refractivity (Wildman–Crippen MR) is 51.7 cm³/mol. The van der Waals surface area contributed by atoms with E-state index < -0.39 is 0 Å². The van der Waals surface area contributed by atoms with Gasteiger partial charge in [-0.25, -0.2) is 5.90 Å². The van der Waals surface area contributed by atoms with E-state index >= 15 is 0 Å². The van der Waals surface area contributed by atoms with Gasteiger partial charge in [-0.15, -0.1) is 0 Å². The van der Waals surface area contributed by atoms with Crippen molar-refractivity contribution in [3.63, 3.8) is 0 Å². The molecule has 0 saturated heterocycles. The molecule has 0 unspecified atom stereocenters. The molecule has 0 aliphatic rings. The number of nitrogens with two attached hydrogens (primary N) is 1. The van der Waals surface area contributed by atoms with Gasteiger partial charge in [0.15, 0.2) is 0 Å². The molecule has 0 aromatic heterocycles. The first-order chi connectivity index (χ1) is 5.41. The van der Waals surface area contributed by atoms with Crippen LogP contribution < -0.4 is 5.90 Å². The van der Waals surface area contributed by atoms with Gasteiger partial charge in [0.25, 0.3) is 0 Å². The summed E-state index contributed by atoms with van der Waals surface area (Å²) in [5.41, 5.74) is 0. The van der Waals surface area contributed by atoms with Crippen LogP contribution in [0.2, 0.25) is 0 Å². The van der Waals surface area contributed by atoms with Crippen LogP contribution in [0.3, 0.4) is 0 Å². The largest absolute Gasteiger partial charge is 0.305 e. The summed E-state index contributed by atoms with van der Waals surface area (Å²) < 4.78 is 0. The first-order valence-electron chi connectivity index (χ1n) is 4.34. The second kappa shape index (κ2) is 10.3. The average Bonchev–Trinajstić information content (AvgIpc) is 2.03. The molecule has 0 fully saturated rings. The van der Waals surface area contributed by atoms with Crippen molar-refractivity contribution >= 4 is 12.6 Å². The minimum Gasteiger partial charge on any atom is -0.305 e. The summed E-state index contributed by atoms with van der Waals surface area (Å²) in [7, 11) is 0. The molecule has 68 valence electrons. The van der Waals surface area contributed by atoms with Crippen molar-refractivity contribution in [3.8, 4) is 0 Å². The molecule has 0 aliphatic carbocycles. The zero-order chi connectivity index (χ0) is 8.36. The molecule has 0 atom stereocenters. The SMILES string of the molecule is NOCCCCCCCCS. The minimum absolute atomic E-state index is 0.701. The smallest absolute Gasteiger partial charge is 0.0679 e. The van der Waals surface area contributed by atoms with Crippen LogP contribution in [-0.2, 0) is 4.84 Å². The number of rotatable bonds is 8.